The van der Waals surface area contributed by atoms with E-state index >= 15 is 0 Å². The Labute approximate surface area is 229 Å². The van der Waals surface area contributed by atoms with Crippen molar-refractivity contribution in [2.45, 2.75) is 58.7 Å². The third-order valence-corrected chi connectivity index (χ3v) is 7.88. The molecule has 1 aliphatic heterocycles. The standard InChI is InChI=1S/C31H36N4O4/c1-6-24-18-35(16-22-9-10-25(38-5)14-29(22)39-24)17-23-13-21(8-7-19(23)2)27(15-30(36)37)26-11-12-28-31(20(26)3)32-33-34(28)4/h7-14,24,27H,6,15-18H2,1-5H3,(H,36,37). The molecule has 8 nitrogen and oxygen atoms in total. The Kier molecular flexibility index (Phi) is 7.57. The normalized spacial score (nSPS) is 16.4. The third-order valence-electron chi connectivity index (χ3n) is 7.88. The van der Waals surface area contributed by atoms with Crippen LogP contribution in [-0.2, 0) is 24.9 Å². The monoisotopic (exact) mass is 528 g/mol. The Morgan fingerprint density at radius 3 is 2.74 bits per heavy atom. The van der Waals surface area contributed by atoms with Crippen molar-refractivity contribution in [3.63, 3.8) is 0 Å². The third kappa shape index (κ3) is 5.47. The maximum absolute atomic E-state index is 12.0. The molecule has 204 valence electrons. The highest BCUT2D eigenvalue weighted by molar-refractivity contribution is 5.80. The molecule has 0 spiro atoms. The van der Waals surface area contributed by atoms with Crippen LogP contribution >= 0.6 is 0 Å². The first kappa shape index (κ1) is 26.7. The van der Waals surface area contributed by atoms with Crippen molar-refractivity contribution in [1.29, 1.82) is 0 Å². The zero-order chi connectivity index (χ0) is 27.7. The zero-order valence-electron chi connectivity index (χ0n) is 23.3. The maximum atomic E-state index is 12.0. The highest BCUT2D eigenvalue weighted by Crippen LogP contribution is 2.35. The van der Waals surface area contributed by atoms with Crippen LogP contribution in [-0.4, -0.2) is 50.7 Å². The van der Waals surface area contributed by atoms with Gasteiger partial charge in [0.15, 0.2) is 0 Å². The number of methoxy groups -OCH3 is 1. The fraction of sp³-hybridized carbons (Fsp3) is 0.387. The van der Waals surface area contributed by atoms with Gasteiger partial charge in [0.1, 0.15) is 23.1 Å². The number of rotatable bonds is 8. The van der Waals surface area contributed by atoms with Crippen molar-refractivity contribution >= 4 is 17.0 Å². The van der Waals surface area contributed by atoms with Gasteiger partial charge in [-0.1, -0.05) is 42.5 Å². The van der Waals surface area contributed by atoms with E-state index in [0.29, 0.717) is 0 Å². The van der Waals surface area contributed by atoms with E-state index in [-0.39, 0.29) is 18.4 Å². The molecule has 0 amide bonds. The zero-order valence-corrected chi connectivity index (χ0v) is 23.3. The number of aliphatic carboxylic acids is 1. The first-order valence-electron chi connectivity index (χ1n) is 13.4. The van der Waals surface area contributed by atoms with Gasteiger partial charge in [-0.2, -0.15) is 0 Å². The van der Waals surface area contributed by atoms with Crippen molar-refractivity contribution < 1.29 is 19.4 Å². The summed E-state index contributed by atoms with van der Waals surface area (Å²) in [5.41, 5.74) is 8.18. The summed E-state index contributed by atoms with van der Waals surface area (Å²) in [6.45, 7) is 8.58. The second-order valence-corrected chi connectivity index (χ2v) is 10.5. The second-order valence-electron chi connectivity index (χ2n) is 10.5. The number of aryl methyl sites for hydroxylation is 3. The van der Waals surface area contributed by atoms with Gasteiger partial charge in [0, 0.05) is 44.2 Å². The molecule has 0 aliphatic carbocycles. The van der Waals surface area contributed by atoms with Gasteiger partial charge >= 0.3 is 5.97 Å². The molecule has 1 aromatic heterocycles. The molecule has 0 fully saturated rings. The minimum atomic E-state index is -0.830. The van der Waals surface area contributed by atoms with Gasteiger partial charge in [-0.3, -0.25) is 9.69 Å². The van der Waals surface area contributed by atoms with Crippen molar-refractivity contribution in [2.75, 3.05) is 13.7 Å². The predicted molar refractivity (Wildman–Crippen MR) is 150 cm³/mol. The van der Waals surface area contributed by atoms with Crippen LogP contribution < -0.4 is 9.47 Å². The Bertz CT molecular complexity index is 1510. The van der Waals surface area contributed by atoms with Crippen LogP contribution in [0.2, 0.25) is 0 Å². The fourth-order valence-electron chi connectivity index (χ4n) is 5.57. The number of carboxylic acids is 1. The molecule has 39 heavy (non-hydrogen) atoms. The van der Waals surface area contributed by atoms with Gasteiger partial charge in [0.2, 0.25) is 0 Å². The highest BCUT2D eigenvalue weighted by atomic mass is 16.5. The van der Waals surface area contributed by atoms with E-state index in [0.717, 1.165) is 70.8 Å². The molecule has 1 N–H and O–H groups in total. The fourth-order valence-corrected chi connectivity index (χ4v) is 5.57. The molecule has 8 heteroatoms. The summed E-state index contributed by atoms with van der Waals surface area (Å²) < 4.78 is 13.5. The van der Waals surface area contributed by atoms with Crippen LogP contribution in [0.3, 0.4) is 0 Å². The van der Waals surface area contributed by atoms with Crippen LogP contribution in [0.4, 0.5) is 0 Å². The maximum Gasteiger partial charge on any atom is 0.304 e. The molecule has 0 bridgehead atoms. The summed E-state index contributed by atoms with van der Waals surface area (Å²) in [7, 11) is 3.53. The van der Waals surface area contributed by atoms with Crippen LogP contribution in [0.1, 0.15) is 59.1 Å². The highest BCUT2D eigenvalue weighted by Gasteiger charge is 2.25. The minimum absolute atomic E-state index is 0.000217. The van der Waals surface area contributed by atoms with E-state index in [9.17, 15) is 9.90 Å². The summed E-state index contributed by atoms with van der Waals surface area (Å²) in [5.74, 6) is 0.547. The Morgan fingerprint density at radius 2 is 2.00 bits per heavy atom. The first-order valence-corrected chi connectivity index (χ1v) is 13.4. The summed E-state index contributed by atoms with van der Waals surface area (Å²) >= 11 is 0. The first-order chi connectivity index (χ1) is 18.8. The van der Waals surface area contributed by atoms with E-state index in [1.165, 1.54) is 11.1 Å². The minimum Gasteiger partial charge on any atom is -0.497 e. The van der Waals surface area contributed by atoms with Crippen molar-refractivity contribution in [2.24, 2.45) is 7.05 Å². The molecular weight excluding hydrogens is 492 g/mol. The summed E-state index contributed by atoms with van der Waals surface area (Å²) in [6, 6.07) is 16.4. The molecule has 2 heterocycles. The van der Waals surface area contributed by atoms with Gasteiger partial charge in [-0.05, 0) is 60.2 Å². The molecule has 3 aromatic carbocycles. The van der Waals surface area contributed by atoms with E-state index in [1.54, 1.807) is 11.8 Å². The Hall–Kier alpha value is -3.91. The average molecular weight is 529 g/mol. The molecule has 2 unspecified atom stereocenters. The number of hydrogen-bond acceptors (Lipinski definition) is 6. The van der Waals surface area contributed by atoms with E-state index < -0.39 is 5.97 Å². The summed E-state index contributed by atoms with van der Waals surface area (Å²) in [5, 5.41) is 18.3. The predicted octanol–water partition coefficient (Wildman–Crippen LogP) is 5.37. The van der Waals surface area contributed by atoms with E-state index in [1.807, 2.05) is 38.2 Å². The molecule has 2 atom stereocenters. The molecular formula is C31H36N4O4. The second kappa shape index (κ2) is 11.1. The van der Waals surface area contributed by atoms with Gasteiger partial charge in [-0.25, -0.2) is 4.68 Å². The number of fused-ring (bicyclic) bond motifs is 2. The van der Waals surface area contributed by atoms with Crippen molar-refractivity contribution in [3.05, 3.63) is 81.9 Å². The molecule has 0 saturated heterocycles. The molecule has 0 saturated carbocycles. The van der Waals surface area contributed by atoms with Crippen molar-refractivity contribution in [3.8, 4) is 11.5 Å². The lowest BCUT2D eigenvalue weighted by atomic mass is 9.84. The number of aromatic nitrogens is 3. The van der Waals surface area contributed by atoms with Gasteiger partial charge < -0.3 is 14.6 Å². The molecule has 0 radical (unpaired) electrons. The van der Waals surface area contributed by atoms with Gasteiger partial charge in [-0.15, -0.1) is 5.10 Å². The van der Waals surface area contributed by atoms with Crippen LogP contribution in [0, 0.1) is 13.8 Å². The van der Waals surface area contributed by atoms with Gasteiger partial charge in [0.05, 0.1) is 19.0 Å². The van der Waals surface area contributed by atoms with Crippen molar-refractivity contribution in [1.82, 2.24) is 19.9 Å². The number of carbonyl (C=O) groups is 1. The number of benzene rings is 3. The lowest BCUT2D eigenvalue weighted by molar-refractivity contribution is -0.137. The largest absolute Gasteiger partial charge is 0.497 e. The molecule has 4 aromatic rings. The van der Waals surface area contributed by atoms with Gasteiger partial charge in [0.25, 0.3) is 0 Å². The van der Waals surface area contributed by atoms with Crippen LogP contribution in [0.15, 0.2) is 48.5 Å². The van der Waals surface area contributed by atoms with Crippen LogP contribution in [0.25, 0.3) is 11.0 Å². The quantitative estimate of drug-likeness (QED) is 0.329. The average Bonchev–Trinajstić information content (AvgIpc) is 3.20. The molecule has 1 aliphatic rings. The number of nitrogens with zero attached hydrogens (tertiary/aromatic N) is 4. The topological polar surface area (TPSA) is 89.7 Å². The lowest BCUT2D eigenvalue weighted by Crippen LogP contribution is -2.32. The smallest absolute Gasteiger partial charge is 0.304 e. The number of ether oxygens (including phenoxy) is 2. The summed E-state index contributed by atoms with van der Waals surface area (Å²) in [6.07, 6.45) is 0.972. The Morgan fingerprint density at radius 1 is 1.18 bits per heavy atom. The number of hydrogen-bond donors (Lipinski definition) is 1. The SMILES string of the molecule is CCC1CN(Cc2cc(C(CC(=O)O)c3ccc4c(nnn4C)c3C)ccc2C)Cc2ccc(OC)cc2O1. The molecule has 5 rings (SSSR count). The Balaban J connectivity index is 1.48. The van der Waals surface area contributed by atoms with E-state index in [4.69, 9.17) is 9.47 Å². The summed E-state index contributed by atoms with van der Waals surface area (Å²) in [4.78, 5) is 14.4. The number of carboxylic acid groups (broad SMARTS) is 1. The van der Waals surface area contributed by atoms with E-state index in [2.05, 4.69) is 53.3 Å². The van der Waals surface area contributed by atoms with Crippen LogP contribution in [0.5, 0.6) is 11.5 Å². The lowest BCUT2D eigenvalue weighted by Gasteiger charge is -2.25.